The Kier molecular flexibility index (Phi) is 4.05. The highest BCUT2D eigenvalue weighted by atomic mass is 16.6. The molecular weight excluding hydrogens is 298 g/mol. The van der Waals surface area contributed by atoms with Crippen LogP contribution in [0.15, 0.2) is 58.3 Å². The predicted molar refractivity (Wildman–Crippen MR) is 86.0 cm³/mol. The first-order chi connectivity index (χ1) is 11.2. The molecule has 0 fully saturated rings. The van der Waals surface area contributed by atoms with E-state index in [2.05, 4.69) is 20.5 Å². The average molecular weight is 309 g/mol. The maximum atomic E-state index is 10.5. The van der Waals surface area contributed by atoms with Crippen LogP contribution in [0.5, 0.6) is 0 Å². The molecule has 0 saturated heterocycles. The Morgan fingerprint density at radius 1 is 1.22 bits per heavy atom. The monoisotopic (exact) mass is 309 g/mol. The van der Waals surface area contributed by atoms with Crippen molar-refractivity contribution in [3.63, 3.8) is 0 Å². The van der Waals surface area contributed by atoms with Crippen molar-refractivity contribution in [2.24, 2.45) is 5.10 Å². The van der Waals surface area contributed by atoms with Crippen LogP contribution in [0, 0.1) is 10.1 Å². The van der Waals surface area contributed by atoms with Crippen LogP contribution in [0.1, 0.15) is 5.76 Å². The fraction of sp³-hybridized carbons (Fsp3) is 0. The van der Waals surface area contributed by atoms with Gasteiger partial charge in [-0.2, -0.15) is 5.10 Å². The highest BCUT2D eigenvalue weighted by Crippen LogP contribution is 2.18. The van der Waals surface area contributed by atoms with Crippen molar-refractivity contribution in [1.82, 2.24) is 9.97 Å². The highest BCUT2D eigenvalue weighted by molar-refractivity contribution is 5.89. The number of hydrogen-bond donors (Lipinski definition) is 1. The molecule has 114 valence electrons. The number of hydrazone groups is 1. The van der Waals surface area contributed by atoms with Crippen LogP contribution in [0.3, 0.4) is 0 Å². The van der Waals surface area contributed by atoms with E-state index in [9.17, 15) is 10.1 Å². The molecule has 0 bridgehead atoms. The molecule has 8 heteroatoms. The van der Waals surface area contributed by atoms with Gasteiger partial charge in [-0.3, -0.25) is 15.5 Å². The fourth-order valence-electron chi connectivity index (χ4n) is 1.90. The molecule has 0 radical (unpaired) electrons. The summed E-state index contributed by atoms with van der Waals surface area (Å²) in [4.78, 5) is 18.2. The number of fused-ring (bicyclic) bond motifs is 1. The van der Waals surface area contributed by atoms with Gasteiger partial charge >= 0.3 is 5.88 Å². The Bertz CT molecular complexity index is 896. The molecule has 2 heterocycles. The SMILES string of the molecule is O=[N+]([O-])c1ccc(/C=C/C=N\Nc2ncnc3ccccc23)o1. The lowest BCUT2D eigenvalue weighted by atomic mass is 10.2. The summed E-state index contributed by atoms with van der Waals surface area (Å²) in [6.07, 6.45) is 6.11. The number of nitro groups is 1. The van der Waals surface area contributed by atoms with Gasteiger partial charge in [0.05, 0.1) is 11.6 Å². The number of hydrogen-bond acceptors (Lipinski definition) is 7. The summed E-state index contributed by atoms with van der Waals surface area (Å²) in [5.41, 5.74) is 3.64. The summed E-state index contributed by atoms with van der Waals surface area (Å²) >= 11 is 0. The lowest BCUT2D eigenvalue weighted by molar-refractivity contribution is -0.402. The van der Waals surface area contributed by atoms with Crippen LogP contribution in [0.2, 0.25) is 0 Å². The number of aromatic nitrogens is 2. The fourth-order valence-corrected chi connectivity index (χ4v) is 1.90. The van der Waals surface area contributed by atoms with E-state index >= 15 is 0 Å². The van der Waals surface area contributed by atoms with Crippen LogP contribution in [0.25, 0.3) is 17.0 Å². The number of allylic oxidation sites excluding steroid dienone is 1. The number of para-hydroxylation sites is 1. The van der Waals surface area contributed by atoms with E-state index in [1.807, 2.05) is 24.3 Å². The van der Waals surface area contributed by atoms with Gasteiger partial charge in [-0.1, -0.05) is 12.1 Å². The van der Waals surface area contributed by atoms with Gasteiger partial charge in [0.1, 0.15) is 17.0 Å². The first-order valence-electron chi connectivity index (χ1n) is 6.64. The van der Waals surface area contributed by atoms with Gasteiger partial charge in [0.2, 0.25) is 0 Å². The molecule has 0 saturated carbocycles. The van der Waals surface area contributed by atoms with E-state index in [1.165, 1.54) is 24.7 Å². The summed E-state index contributed by atoms with van der Waals surface area (Å²) in [5, 5.41) is 15.4. The van der Waals surface area contributed by atoms with Gasteiger partial charge in [-0.05, 0) is 30.4 Å². The summed E-state index contributed by atoms with van der Waals surface area (Å²) in [6.45, 7) is 0. The Morgan fingerprint density at radius 2 is 2.09 bits per heavy atom. The topological polar surface area (TPSA) is 106 Å². The maximum Gasteiger partial charge on any atom is 0.433 e. The largest absolute Gasteiger partial charge is 0.433 e. The smallest absolute Gasteiger partial charge is 0.401 e. The lowest BCUT2D eigenvalue weighted by Gasteiger charge is -2.02. The second-order valence-electron chi connectivity index (χ2n) is 4.42. The van der Waals surface area contributed by atoms with Crippen molar-refractivity contribution in [1.29, 1.82) is 0 Å². The van der Waals surface area contributed by atoms with E-state index in [1.54, 1.807) is 12.2 Å². The molecule has 0 aliphatic heterocycles. The van der Waals surface area contributed by atoms with Gasteiger partial charge in [-0.25, -0.2) is 9.97 Å². The third kappa shape index (κ3) is 3.38. The van der Waals surface area contributed by atoms with Gasteiger partial charge in [0, 0.05) is 11.6 Å². The molecular formula is C15H11N5O3. The van der Waals surface area contributed by atoms with Crippen LogP contribution < -0.4 is 5.43 Å². The summed E-state index contributed by atoms with van der Waals surface area (Å²) < 4.78 is 4.98. The molecule has 0 atom stereocenters. The molecule has 0 aliphatic carbocycles. The summed E-state index contributed by atoms with van der Waals surface area (Å²) in [6, 6.07) is 10.4. The Balaban J connectivity index is 1.66. The van der Waals surface area contributed by atoms with Gasteiger partial charge in [0.25, 0.3) is 0 Å². The normalized spacial score (nSPS) is 11.5. The predicted octanol–water partition coefficient (Wildman–Crippen LogP) is 3.24. The van der Waals surface area contributed by atoms with E-state index in [-0.39, 0.29) is 5.88 Å². The minimum absolute atomic E-state index is 0.299. The summed E-state index contributed by atoms with van der Waals surface area (Å²) in [5.74, 6) is 0.664. The van der Waals surface area contributed by atoms with Crippen molar-refractivity contribution in [2.45, 2.75) is 0 Å². The molecule has 0 spiro atoms. The molecule has 3 rings (SSSR count). The molecule has 3 aromatic rings. The second-order valence-corrected chi connectivity index (χ2v) is 4.42. The first-order valence-corrected chi connectivity index (χ1v) is 6.64. The number of furan rings is 1. The molecule has 23 heavy (non-hydrogen) atoms. The highest BCUT2D eigenvalue weighted by Gasteiger charge is 2.09. The van der Waals surface area contributed by atoms with Gasteiger partial charge in [-0.15, -0.1) is 0 Å². The zero-order valence-electron chi connectivity index (χ0n) is 11.8. The molecule has 1 aromatic carbocycles. The van der Waals surface area contributed by atoms with Crippen molar-refractivity contribution < 1.29 is 9.34 Å². The van der Waals surface area contributed by atoms with Crippen molar-refractivity contribution in [2.75, 3.05) is 5.43 Å². The van der Waals surface area contributed by atoms with Gasteiger partial charge in [0.15, 0.2) is 5.82 Å². The average Bonchev–Trinajstić information content (AvgIpc) is 3.04. The minimum Gasteiger partial charge on any atom is -0.401 e. The Hall–Kier alpha value is -3.55. The number of rotatable bonds is 5. The van der Waals surface area contributed by atoms with Crippen molar-refractivity contribution in [3.8, 4) is 0 Å². The van der Waals surface area contributed by atoms with E-state index in [0.717, 1.165) is 10.9 Å². The van der Waals surface area contributed by atoms with Crippen LogP contribution in [-0.2, 0) is 0 Å². The van der Waals surface area contributed by atoms with Crippen LogP contribution in [0.4, 0.5) is 11.7 Å². The van der Waals surface area contributed by atoms with E-state index < -0.39 is 4.92 Å². The van der Waals surface area contributed by atoms with Crippen molar-refractivity contribution in [3.05, 3.63) is 64.7 Å². The third-order valence-electron chi connectivity index (χ3n) is 2.93. The minimum atomic E-state index is -0.590. The molecule has 2 aromatic heterocycles. The maximum absolute atomic E-state index is 10.5. The van der Waals surface area contributed by atoms with E-state index in [0.29, 0.717) is 11.6 Å². The summed E-state index contributed by atoms with van der Waals surface area (Å²) in [7, 11) is 0. The third-order valence-corrected chi connectivity index (χ3v) is 2.93. The lowest BCUT2D eigenvalue weighted by Crippen LogP contribution is -1.94. The Labute approximate surface area is 130 Å². The number of anilines is 1. The Morgan fingerprint density at radius 3 is 2.91 bits per heavy atom. The zero-order chi connectivity index (χ0) is 16.1. The molecule has 8 nitrogen and oxygen atoms in total. The molecule has 0 unspecified atom stereocenters. The first kappa shape index (κ1) is 14.4. The zero-order valence-corrected chi connectivity index (χ0v) is 11.8. The number of benzene rings is 1. The van der Waals surface area contributed by atoms with E-state index in [4.69, 9.17) is 4.42 Å². The van der Waals surface area contributed by atoms with Crippen LogP contribution >= 0.6 is 0 Å². The number of nitrogens with zero attached hydrogens (tertiary/aromatic N) is 4. The van der Waals surface area contributed by atoms with Crippen LogP contribution in [-0.4, -0.2) is 21.1 Å². The van der Waals surface area contributed by atoms with Crippen molar-refractivity contribution >= 4 is 34.9 Å². The second kappa shape index (κ2) is 6.48. The standard InChI is InChI=1S/C15H11N5O3/c21-20(22)14-8-7-11(23-14)4-3-9-18-19-15-12-5-1-2-6-13(12)16-10-17-15/h1-10H,(H,16,17,19)/b4-3+,18-9-. The quantitative estimate of drug-likeness (QED) is 0.440. The number of nitrogens with one attached hydrogen (secondary N) is 1. The molecule has 1 N–H and O–H groups in total. The molecule has 0 amide bonds. The van der Waals surface area contributed by atoms with Gasteiger partial charge < -0.3 is 4.42 Å². The molecule has 0 aliphatic rings.